The molecule has 0 aromatic heterocycles. The van der Waals surface area contributed by atoms with E-state index in [0.717, 1.165) is 38.4 Å². The van der Waals surface area contributed by atoms with E-state index in [9.17, 15) is 4.79 Å². The van der Waals surface area contributed by atoms with Crippen LogP contribution >= 0.6 is 23.4 Å². The number of carbonyl (C=O) groups is 1. The maximum absolute atomic E-state index is 12.1. The van der Waals surface area contributed by atoms with E-state index in [1.54, 1.807) is 18.0 Å². The second-order valence-corrected chi connectivity index (χ2v) is 8.07. The fourth-order valence-corrected chi connectivity index (χ4v) is 4.14. The van der Waals surface area contributed by atoms with E-state index >= 15 is 0 Å². The van der Waals surface area contributed by atoms with Crippen molar-refractivity contribution >= 4 is 57.0 Å². The first-order valence-electron chi connectivity index (χ1n) is 9.25. The Kier molecular flexibility index (Phi) is 6.13. The van der Waals surface area contributed by atoms with Crippen LogP contribution in [0.1, 0.15) is 11.1 Å². The predicted octanol–water partition coefficient (Wildman–Crippen LogP) is 6.03. The van der Waals surface area contributed by atoms with Crippen LogP contribution < -0.4 is 5.43 Å². The van der Waals surface area contributed by atoms with Crippen molar-refractivity contribution in [2.45, 2.75) is 5.75 Å². The molecule has 4 aromatic carbocycles. The van der Waals surface area contributed by atoms with Crippen molar-refractivity contribution in [1.29, 1.82) is 0 Å². The number of amides is 1. The molecule has 144 valence electrons. The minimum atomic E-state index is -0.121. The van der Waals surface area contributed by atoms with Gasteiger partial charge in [0.25, 0.3) is 0 Å². The minimum Gasteiger partial charge on any atom is -0.272 e. The Labute approximate surface area is 178 Å². The molecule has 0 saturated carbocycles. The lowest BCUT2D eigenvalue weighted by molar-refractivity contribution is -0.118. The fourth-order valence-electron chi connectivity index (χ4n) is 3.23. The van der Waals surface area contributed by atoms with Crippen molar-refractivity contribution < 1.29 is 4.79 Å². The van der Waals surface area contributed by atoms with Crippen LogP contribution in [-0.4, -0.2) is 17.9 Å². The van der Waals surface area contributed by atoms with Gasteiger partial charge < -0.3 is 0 Å². The summed E-state index contributed by atoms with van der Waals surface area (Å²) in [7, 11) is 0. The standard InChI is InChI=1S/C24H19ClN2OS/c25-20-11-9-17(10-12-20)15-29-16-24(28)27-26-14-23-21-7-3-1-5-18(21)13-19-6-2-4-8-22(19)23/h1-14H,15-16H2,(H,27,28). The molecule has 3 nitrogen and oxygen atoms in total. The number of hydrogen-bond acceptors (Lipinski definition) is 3. The Morgan fingerprint density at radius 3 is 2.21 bits per heavy atom. The second kappa shape index (κ2) is 9.12. The lowest BCUT2D eigenvalue weighted by Gasteiger charge is -2.08. The van der Waals surface area contributed by atoms with E-state index in [4.69, 9.17) is 11.6 Å². The predicted molar refractivity (Wildman–Crippen MR) is 125 cm³/mol. The molecule has 0 heterocycles. The van der Waals surface area contributed by atoms with Crippen LogP contribution in [0.15, 0.2) is 84.0 Å². The Bertz CT molecular complexity index is 1130. The molecular weight excluding hydrogens is 400 g/mol. The van der Waals surface area contributed by atoms with Crippen molar-refractivity contribution in [2.75, 3.05) is 5.75 Å². The molecule has 1 N–H and O–H groups in total. The van der Waals surface area contributed by atoms with E-state index < -0.39 is 0 Å². The third-order valence-electron chi connectivity index (χ3n) is 4.61. The molecular formula is C24H19ClN2OS. The SMILES string of the molecule is O=C(CSCc1ccc(Cl)cc1)NN=Cc1c2ccccc2cc2ccccc12. The van der Waals surface area contributed by atoms with Gasteiger partial charge in [0.1, 0.15) is 0 Å². The molecule has 0 fully saturated rings. The summed E-state index contributed by atoms with van der Waals surface area (Å²) in [6.45, 7) is 0. The van der Waals surface area contributed by atoms with Crippen molar-refractivity contribution in [2.24, 2.45) is 5.10 Å². The van der Waals surface area contributed by atoms with Crippen LogP contribution in [0.5, 0.6) is 0 Å². The molecule has 0 aliphatic carbocycles. The molecule has 4 rings (SSSR count). The van der Waals surface area contributed by atoms with Gasteiger partial charge in [-0.25, -0.2) is 5.43 Å². The number of hydrogen-bond donors (Lipinski definition) is 1. The van der Waals surface area contributed by atoms with E-state index in [0.29, 0.717) is 10.8 Å². The monoisotopic (exact) mass is 418 g/mol. The summed E-state index contributed by atoms with van der Waals surface area (Å²) in [5.41, 5.74) is 4.79. The second-order valence-electron chi connectivity index (χ2n) is 6.64. The largest absolute Gasteiger partial charge is 0.272 e. The summed E-state index contributed by atoms with van der Waals surface area (Å²) in [5.74, 6) is 0.975. The highest BCUT2D eigenvalue weighted by molar-refractivity contribution is 7.99. The van der Waals surface area contributed by atoms with Crippen molar-refractivity contribution in [1.82, 2.24) is 5.43 Å². The van der Waals surface area contributed by atoms with Crippen molar-refractivity contribution in [3.8, 4) is 0 Å². The van der Waals surface area contributed by atoms with Gasteiger partial charge in [0.05, 0.1) is 12.0 Å². The van der Waals surface area contributed by atoms with Gasteiger partial charge in [-0.1, -0.05) is 72.3 Å². The topological polar surface area (TPSA) is 41.5 Å². The van der Waals surface area contributed by atoms with Gasteiger partial charge in [-0.3, -0.25) is 4.79 Å². The zero-order chi connectivity index (χ0) is 20.1. The molecule has 0 radical (unpaired) electrons. The zero-order valence-corrected chi connectivity index (χ0v) is 17.2. The smallest absolute Gasteiger partial charge is 0.250 e. The quantitative estimate of drug-likeness (QED) is 0.236. The molecule has 1 amide bonds. The van der Waals surface area contributed by atoms with Gasteiger partial charge in [-0.2, -0.15) is 5.10 Å². The van der Waals surface area contributed by atoms with Gasteiger partial charge in [0.2, 0.25) is 5.91 Å². The van der Waals surface area contributed by atoms with Crippen molar-refractivity contribution in [3.05, 3.63) is 95.0 Å². The number of benzene rings is 4. The van der Waals surface area contributed by atoms with Crippen molar-refractivity contribution in [3.63, 3.8) is 0 Å². The normalized spacial score (nSPS) is 11.3. The molecule has 4 aromatic rings. The van der Waals surface area contributed by atoms with E-state index in [1.807, 2.05) is 48.5 Å². The molecule has 0 atom stereocenters. The summed E-state index contributed by atoms with van der Waals surface area (Å²) in [6.07, 6.45) is 1.74. The number of nitrogens with zero attached hydrogens (tertiary/aromatic N) is 1. The Morgan fingerprint density at radius 1 is 0.931 bits per heavy atom. The first-order valence-corrected chi connectivity index (χ1v) is 10.8. The summed E-state index contributed by atoms with van der Waals surface area (Å²) < 4.78 is 0. The average Bonchev–Trinajstić information content (AvgIpc) is 2.74. The Balaban J connectivity index is 1.44. The molecule has 29 heavy (non-hydrogen) atoms. The maximum Gasteiger partial charge on any atom is 0.250 e. The van der Waals surface area contributed by atoms with Crippen LogP contribution in [0.25, 0.3) is 21.5 Å². The van der Waals surface area contributed by atoms with E-state index in [-0.39, 0.29) is 5.91 Å². The number of hydrazone groups is 1. The number of fused-ring (bicyclic) bond motifs is 2. The molecule has 0 bridgehead atoms. The molecule has 0 aliphatic heterocycles. The summed E-state index contributed by atoms with van der Waals surface area (Å²) in [6, 6.07) is 26.2. The first-order chi connectivity index (χ1) is 14.2. The minimum absolute atomic E-state index is 0.121. The van der Waals surface area contributed by atoms with Crippen LogP contribution in [0, 0.1) is 0 Å². The summed E-state index contributed by atoms with van der Waals surface area (Å²) in [4.78, 5) is 12.1. The first kappa shape index (κ1) is 19.5. The highest BCUT2D eigenvalue weighted by Gasteiger charge is 2.06. The average molecular weight is 419 g/mol. The summed E-state index contributed by atoms with van der Waals surface area (Å²) >= 11 is 7.43. The number of halogens is 1. The highest BCUT2D eigenvalue weighted by atomic mass is 35.5. The molecule has 0 spiro atoms. The molecule has 5 heteroatoms. The van der Waals surface area contributed by atoms with Gasteiger partial charge >= 0.3 is 0 Å². The summed E-state index contributed by atoms with van der Waals surface area (Å²) in [5, 5.41) is 9.46. The van der Waals surface area contributed by atoms with Crippen LogP contribution in [0.4, 0.5) is 0 Å². The third kappa shape index (κ3) is 4.78. The number of carbonyl (C=O) groups excluding carboxylic acids is 1. The fraction of sp³-hybridized carbons (Fsp3) is 0.0833. The molecule has 0 aliphatic rings. The van der Waals surface area contributed by atoms with Crippen LogP contribution in [-0.2, 0) is 10.5 Å². The maximum atomic E-state index is 12.1. The van der Waals surface area contributed by atoms with E-state index in [1.165, 1.54) is 0 Å². The van der Waals surface area contributed by atoms with Gasteiger partial charge in [-0.15, -0.1) is 11.8 Å². The van der Waals surface area contributed by atoms with Gasteiger partial charge in [0.15, 0.2) is 0 Å². The number of rotatable bonds is 6. The Hall–Kier alpha value is -2.82. The van der Waals surface area contributed by atoms with Gasteiger partial charge in [0, 0.05) is 16.3 Å². The zero-order valence-electron chi connectivity index (χ0n) is 15.6. The number of thioether (sulfide) groups is 1. The van der Waals surface area contributed by atoms with Gasteiger partial charge in [-0.05, 0) is 45.3 Å². The highest BCUT2D eigenvalue weighted by Crippen LogP contribution is 2.27. The van der Waals surface area contributed by atoms with Crippen LogP contribution in [0.2, 0.25) is 5.02 Å². The lowest BCUT2D eigenvalue weighted by Crippen LogP contribution is -2.19. The van der Waals surface area contributed by atoms with Crippen LogP contribution in [0.3, 0.4) is 0 Å². The molecule has 0 unspecified atom stereocenters. The third-order valence-corrected chi connectivity index (χ3v) is 5.87. The number of nitrogens with one attached hydrogen (secondary N) is 1. The van der Waals surface area contributed by atoms with E-state index in [2.05, 4.69) is 40.9 Å². The Morgan fingerprint density at radius 2 is 1.55 bits per heavy atom. The lowest BCUT2D eigenvalue weighted by atomic mass is 9.97. The molecule has 0 saturated heterocycles.